The van der Waals surface area contributed by atoms with Gasteiger partial charge in [-0.05, 0) is 6.07 Å². The van der Waals surface area contributed by atoms with E-state index in [1.165, 1.54) is 6.20 Å². The van der Waals surface area contributed by atoms with Gasteiger partial charge in [0.15, 0.2) is 0 Å². The lowest BCUT2D eigenvalue weighted by molar-refractivity contribution is 0.568. The van der Waals surface area contributed by atoms with E-state index in [4.69, 9.17) is 10.2 Å². The maximum absolute atomic E-state index is 5.35. The quantitative estimate of drug-likeness (QED) is 0.668. The Morgan fingerprint density at radius 1 is 1.42 bits per heavy atom. The summed E-state index contributed by atoms with van der Waals surface area (Å²) in [5.74, 6) is 0.161. The SMILES string of the molecule is Nc1nncc(-c2ccoc2)n1. The fraction of sp³-hybridized carbons (Fsp3) is 0. The van der Waals surface area contributed by atoms with Crippen molar-refractivity contribution in [2.24, 2.45) is 0 Å². The molecule has 2 N–H and O–H groups in total. The zero-order valence-electron chi connectivity index (χ0n) is 6.14. The van der Waals surface area contributed by atoms with Crippen LogP contribution in [0, 0.1) is 0 Å². The standard InChI is InChI=1S/C7H6N4O/c8-7-10-6(3-9-11-7)5-1-2-12-4-5/h1-4H,(H2,8,10,11). The van der Waals surface area contributed by atoms with Gasteiger partial charge in [0.25, 0.3) is 0 Å². The van der Waals surface area contributed by atoms with Gasteiger partial charge in [0.1, 0.15) is 0 Å². The van der Waals surface area contributed by atoms with Crippen molar-refractivity contribution in [3.63, 3.8) is 0 Å². The summed E-state index contributed by atoms with van der Waals surface area (Å²) in [4.78, 5) is 3.96. The van der Waals surface area contributed by atoms with Crippen molar-refractivity contribution in [1.82, 2.24) is 15.2 Å². The molecule has 5 nitrogen and oxygen atoms in total. The predicted molar refractivity (Wildman–Crippen MR) is 41.9 cm³/mol. The monoisotopic (exact) mass is 162 g/mol. The number of nitrogens with two attached hydrogens (primary N) is 1. The summed E-state index contributed by atoms with van der Waals surface area (Å²) < 4.78 is 4.88. The van der Waals surface area contributed by atoms with E-state index in [1.807, 2.05) is 0 Å². The third-order valence-electron chi connectivity index (χ3n) is 1.39. The molecule has 0 spiro atoms. The van der Waals surface area contributed by atoms with E-state index in [0.29, 0.717) is 5.69 Å². The van der Waals surface area contributed by atoms with Gasteiger partial charge in [0, 0.05) is 5.56 Å². The molecule has 0 aliphatic heterocycles. The zero-order valence-corrected chi connectivity index (χ0v) is 6.14. The third-order valence-corrected chi connectivity index (χ3v) is 1.39. The van der Waals surface area contributed by atoms with E-state index < -0.39 is 0 Å². The van der Waals surface area contributed by atoms with E-state index in [-0.39, 0.29) is 5.95 Å². The molecule has 0 aromatic carbocycles. The van der Waals surface area contributed by atoms with Gasteiger partial charge in [-0.3, -0.25) is 0 Å². The highest BCUT2D eigenvalue weighted by Crippen LogP contribution is 2.15. The largest absolute Gasteiger partial charge is 0.472 e. The third kappa shape index (κ3) is 1.12. The summed E-state index contributed by atoms with van der Waals surface area (Å²) in [6.45, 7) is 0. The number of aromatic nitrogens is 3. The number of nitrogens with zero attached hydrogens (tertiary/aromatic N) is 3. The van der Waals surface area contributed by atoms with Crippen LogP contribution < -0.4 is 5.73 Å². The van der Waals surface area contributed by atoms with Gasteiger partial charge in [0.2, 0.25) is 5.95 Å². The lowest BCUT2D eigenvalue weighted by Gasteiger charge is -1.93. The number of nitrogen functional groups attached to an aromatic ring is 1. The highest BCUT2D eigenvalue weighted by atomic mass is 16.3. The molecule has 0 saturated heterocycles. The summed E-state index contributed by atoms with van der Waals surface area (Å²) in [5, 5.41) is 7.20. The van der Waals surface area contributed by atoms with Crippen LogP contribution in [0.5, 0.6) is 0 Å². The average Bonchev–Trinajstić information content (AvgIpc) is 2.56. The smallest absolute Gasteiger partial charge is 0.240 e. The Labute approximate surface area is 68.3 Å². The lowest BCUT2D eigenvalue weighted by Crippen LogP contribution is -1.97. The van der Waals surface area contributed by atoms with E-state index in [9.17, 15) is 0 Å². The average molecular weight is 162 g/mol. The second-order valence-corrected chi connectivity index (χ2v) is 2.21. The van der Waals surface area contributed by atoms with Gasteiger partial charge in [-0.2, -0.15) is 5.10 Å². The van der Waals surface area contributed by atoms with Crippen LogP contribution in [0.1, 0.15) is 0 Å². The summed E-state index contributed by atoms with van der Waals surface area (Å²) >= 11 is 0. The van der Waals surface area contributed by atoms with Crippen LogP contribution in [0.2, 0.25) is 0 Å². The Bertz CT molecular complexity index is 371. The Morgan fingerprint density at radius 3 is 3.00 bits per heavy atom. The van der Waals surface area contributed by atoms with Crippen LogP contribution in [-0.4, -0.2) is 15.2 Å². The van der Waals surface area contributed by atoms with Crippen LogP contribution in [0.3, 0.4) is 0 Å². The van der Waals surface area contributed by atoms with Crippen molar-refractivity contribution in [1.29, 1.82) is 0 Å². The molecule has 60 valence electrons. The van der Waals surface area contributed by atoms with Crippen LogP contribution in [0.4, 0.5) is 5.95 Å². The van der Waals surface area contributed by atoms with E-state index >= 15 is 0 Å². The molecular weight excluding hydrogens is 156 g/mol. The number of rotatable bonds is 1. The second kappa shape index (κ2) is 2.61. The predicted octanol–water partition coefficient (Wildman–Crippen LogP) is 0.714. The molecular formula is C7H6N4O. The molecule has 12 heavy (non-hydrogen) atoms. The van der Waals surface area contributed by atoms with E-state index in [2.05, 4.69) is 15.2 Å². The van der Waals surface area contributed by atoms with Gasteiger partial charge in [-0.15, -0.1) is 5.10 Å². The number of furan rings is 1. The molecule has 0 fully saturated rings. The van der Waals surface area contributed by atoms with E-state index in [1.54, 1.807) is 18.6 Å². The van der Waals surface area contributed by atoms with Gasteiger partial charge in [-0.1, -0.05) is 0 Å². The minimum Gasteiger partial charge on any atom is -0.472 e. The first kappa shape index (κ1) is 6.78. The topological polar surface area (TPSA) is 77.8 Å². The highest BCUT2D eigenvalue weighted by Gasteiger charge is 2.01. The fourth-order valence-corrected chi connectivity index (χ4v) is 0.867. The van der Waals surface area contributed by atoms with Gasteiger partial charge >= 0.3 is 0 Å². The molecule has 0 aliphatic rings. The van der Waals surface area contributed by atoms with Crippen LogP contribution >= 0.6 is 0 Å². The Hall–Kier alpha value is -1.91. The molecule has 0 atom stereocenters. The van der Waals surface area contributed by atoms with Crippen LogP contribution in [-0.2, 0) is 0 Å². The van der Waals surface area contributed by atoms with Crippen molar-refractivity contribution < 1.29 is 4.42 Å². The molecule has 0 aliphatic carbocycles. The Morgan fingerprint density at radius 2 is 2.33 bits per heavy atom. The van der Waals surface area contributed by atoms with Crippen molar-refractivity contribution in [3.8, 4) is 11.3 Å². The Kier molecular flexibility index (Phi) is 1.48. The maximum atomic E-state index is 5.35. The minimum atomic E-state index is 0.161. The first-order chi connectivity index (χ1) is 5.86. The van der Waals surface area contributed by atoms with Crippen LogP contribution in [0.25, 0.3) is 11.3 Å². The summed E-state index contributed by atoms with van der Waals surface area (Å²) in [5.41, 5.74) is 6.86. The number of hydrogen-bond donors (Lipinski definition) is 1. The van der Waals surface area contributed by atoms with Gasteiger partial charge < -0.3 is 10.2 Å². The van der Waals surface area contributed by atoms with Crippen molar-refractivity contribution >= 4 is 5.95 Å². The molecule has 0 bridgehead atoms. The molecule has 2 heterocycles. The Balaban J connectivity index is 2.48. The van der Waals surface area contributed by atoms with Crippen LogP contribution in [0.15, 0.2) is 29.2 Å². The normalized spacial score (nSPS) is 10.0. The first-order valence-electron chi connectivity index (χ1n) is 3.34. The number of hydrogen-bond acceptors (Lipinski definition) is 5. The molecule has 0 amide bonds. The highest BCUT2D eigenvalue weighted by molar-refractivity contribution is 5.56. The van der Waals surface area contributed by atoms with Crippen molar-refractivity contribution in [2.75, 3.05) is 5.73 Å². The molecule has 0 saturated carbocycles. The molecule has 0 radical (unpaired) electrons. The molecule has 2 aromatic heterocycles. The van der Waals surface area contributed by atoms with Gasteiger partial charge in [0.05, 0.1) is 24.4 Å². The second-order valence-electron chi connectivity index (χ2n) is 2.21. The molecule has 2 rings (SSSR count). The molecule has 5 heteroatoms. The summed E-state index contributed by atoms with van der Waals surface area (Å²) in [6.07, 6.45) is 4.66. The summed E-state index contributed by atoms with van der Waals surface area (Å²) in [7, 11) is 0. The molecule has 0 unspecified atom stereocenters. The van der Waals surface area contributed by atoms with Gasteiger partial charge in [-0.25, -0.2) is 4.98 Å². The minimum absolute atomic E-state index is 0.161. The maximum Gasteiger partial charge on any atom is 0.240 e. The van der Waals surface area contributed by atoms with E-state index in [0.717, 1.165) is 5.56 Å². The molecule has 2 aromatic rings. The lowest BCUT2D eigenvalue weighted by atomic mass is 10.3. The van der Waals surface area contributed by atoms with Crippen molar-refractivity contribution in [2.45, 2.75) is 0 Å². The zero-order chi connectivity index (χ0) is 8.39. The first-order valence-corrected chi connectivity index (χ1v) is 3.34. The number of anilines is 1. The van der Waals surface area contributed by atoms with Crippen molar-refractivity contribution in [3.05, 3.63) is 24.8 Å². The fourth-order valence-electron chi connectivity index (χ4n) is 0.867. The summed E-state index contributed by atoms with van der Waals surface area (Å²) in [6, 6.07) is 1.78.